The van der Waals surface area contributed by atoms with Crippen molar-refractivity contribution in [2.75, 3.05) is 0 Å². The summed E-state index contributed by atoms with van der Waals surface area (Å²) in [6.45, 7) is 16.7. The number of pyridine rings is 1. The number of hydrogen-bond donors (Lipinski definition) is 0. The summed E-state index contributed by atoms with van der Waals surface area (Å²) in [6.07, 6.45) is 8.75. The molecule has 0 aromatic carbocycles. The van der Waals surface area contributed by atoms with Crippen molar-refractivity contribution in [2.45, 2.75) is 67.7 Å². The Hall–Kier alpha value is -1.44. The number of rotatable bonds is 2. The topological polar surface area (TPSA) is 25.2 Å². The third-order valence-corrected chi connectivity index (χ3v) is 2.69. The predicted octanol–water partition coefficient (Wildman–Crippen LogP) is 6.26. The van der Waals surface area contributed by atoms with Crippen LogP contribution < -0.4 is 0 Å². The third kappa shape index (κ3) is 10.9. The summed E-state index contributed by atoms with van der Waals surface area (Å²) >= 11 is 0. The van der Waals surface area contributed by atoms with Crippen LogP contribution in [0, 0.1) is 5.92 Å². The zero-order chi connectivity index (χ0) is 16.7. The molecule has 21 heavy (non-hydrogen) atoms. The summed E-state index contributed by atoms with van der Waals surface area (Å²) in [5.74, 6) is 1.23. The molecule has 1 aromatic rings. The van der Waals surface area contributed by atoms with Crippen molar-refractivity contribution in [1.29, 1.82) is 0 Å². The van der Waals surface area contributed by atoms with E-state index < -0.39 is 0 Å². The van der Waals surface area contributed by atoms with Crippen LogP contribution in [0.2, 0.25) is 0 Å². The fourth-order valence-electron chi connectivity index (χ4n) is 1.48. The Labute approximate surface area is 132 Å². The number of nitrogens with zero attached hydrogens (tertiary/aromatic N) is 2. The van der Waals surface area contributed by atoms with Gasteiger partial charge in [0.05, 0.1) is 0 Å². The van der Waals surface area contributed by atoms with Crippen LogP contribution in [0.15, 0.2) is 41.8 Å². The van der Waals surface area contributed by atoms with E-state index in [1.54, 1.807) is 6.20 Å². The quantitative estimate of drug-likeness (QED) is 0.631. The maximum Gasteiger partial charge on any atom is 0.0302 e. The van der Waals surface area contributed by atoms with E-state index in [1.165, 1.54) is 11.3 Å². The normalized spacial score (nSPS) is 11.6. The van der Waals surface area contributed by atoms with E-state index in [-0.39, 0.29) is 0 Å². The van der Waals surface area contributed by atoms with Crippen LogP contribution in [0.1, 0.15) is 73.3 Å². The maximum atomic E-state index is 4.17. The summed E-state index contributed by atoms with van der Waals surface area (Å²) in [5, 5.41) is 0. The predicted molar refractivity (Wildman–Crippen MR) is 97.1 cm³/mol. The molecule has 0 saturated heterocycles. The van der Waals surface area contributed by atoms with Crippen LogP contribution in [-0.2, 0) is 0 Å². The second kappa shape index (κ2) is 15.0. The van der Waals surface area contributed by atoms with Crippen molar-refractivity contribution in [3.8, 4) is 0 Å². The van der Waals surface area contributed by atoms with Crippen LogP contribution in [0.25, 0.3) is 0 Å². The van der Waals surface area contributed by atoms with Gasteiger partial charge in [-0.25, -0.2) is 0 Å². The zero-order valence-corrected chi connectivity index (χ0v) is 15.2. The Balaban J connectivity index is 0. The van der Waals surface area contributed by atoms with Crippen molar-refractivity contribution < 1.29 is 0 Å². The number of allylic oxidation sites excluding steroid dienone is 1. The Kier molecular flexibility index (Phi) is 15.6. The van der Waals surface area contributed by atoms with Gasteiger partial charge in [-0.3, -0.25) is 9.98 Å². The van der Waals surface area contributed by atoms with E-state index in [2.05, 4.69) is 49.8 Å². The van der Waals surface area contributed by atoms with Gasteiger partial charge in [0.15, 0.2) is 0 Å². The smallest absolute Gasteiger partial charge is 0.0302 e. The Bertz CT molecular complexity index is 376. The van der Waals surface area contributed by atoms with Crippen LogP contribution in [0.4, 0.5) is 0 Å². The van der Waals surface area contributed by atoms with E-state index in [4.69, 9.17) is 0 Å². The van der Waals surface area contributed by atoms with Crippen molar-refractivity contribution in [2.24, 2.45) is 10.9 Å². The van der Waals surface area contributed by atoms with Gasteiger partial charge < -0.3 is 0 Å². The first-order valence-corrected chi connectivity index (χ1v) is 8.22. The van der Waals surface area contributed by atoms with E-state index in [9.17, 15) is 0 Å². The van der Waals surface area contributed by atoms with Gasteiger partial charge in [0.2, 0.25) is 0 Å². The van der Waals surface area contributed by atoms with E-state index >= 15 is 0 Å². The lowest BCUT2D eigenvalue weighted by Crippen LogP contribution is -2.02. The second-order valence-corrected chi connectivity index (χ2v) is 4.81. The lowest BCUT2D eigenvalue weighted by Gasteiger charge is -2.00. The number of aliphatic imine (C=N–C) groups is 1. The Morgan fingerprint density at radius 3 is 1.81 bits per heavy atom. The van der Waals surface area contributed by atoms with Gasteiger partial charge in [0, 0.05) is 30.7 Å². The lowest BCUT2D eigenvalue weighted by atomic mass is 10.1. The van der Waals surface area contributed by atoms with Crippen LogP contribution in [-0.4, -0.2) is 10.7 Å². The van der Waals surface area contributed by atoms with Crippen molar-refractivity contribution in [3.63, 3.8) is 0 Å². The van der Waals surface area contributed by atoms with Gasteiger partial charge in [-0.2, -0.15) is 0 Å². The van der Waals surface area contributed by atoms with E-state index in [0.717, 1.165) is 6.42 Å². The minimum absolute atomic E-state index is 0.596. The average molecular weight is 290 g/mol. The summed E-state index contributed by atoms with van der Waals surface area (Å²) in [6, 6.07) is 4.06. The summed E-state index contributed by atoms with van der Waals surface area (Å²) in [7, 11) is 0. The molecule has 2 heterocycles. The maximum absolute atomic E-state index is 4.17. The van der Waals surface area contributed by atoms with Crippen molar-refractivity contribution >= 4 is 5.71 Å². The highest BCUT2D eigenvalue weighted by molar-refractivity contribution is 5.89. The first-order chi connectivity index (χ1) is 10.1. The van der Waals surface area contributed by atoms with E-state index in [1.807, 2.05) is 46.2 Å². The van der Waals surface area contributed by atoms with Crippen LogP contribution in [0.5, 0.6) is 0 Å². The molecule has 2 nitrogen and oxygen atoms in total. The van der Waals surface area contributed by atoms with Gasteiger partial charge in [0.25, 0.3) is 0 Å². The number of hydrogen-bond acceptors (Lipinski definition) is 2. The third-order valence-electron chi connectivity index (χ3n) is 2.69. The molecule has 120 valence electrons. The molecule has 0 aliphatic carbocycles. The molecule has 1 aliphatic rings. The van der Waals surface area contributed by atoms with Crippen molar-refractivity contribution in [3.05, 3.63) is 42.4 Å². The van der Waals surface area contributed by atoms with Gasteiger partial charge in [-0.05, 0) is 23.5 Å². The first-order valence-electron chi connectivity index (χ1n) is 8.22. The minimum atomic E-state index is 0.596. The van der Waals surface area contributed by atoms with Gasteiger partial charge in [0.1, 0.15) is 0 Å². The number of aromatic nitrogens is 1. The van der Waals surface area contributed by atoms with Gasteiger partial charge in [-0.1, -0.05) is 67.5 Å². The molecule has 0 N–H and O–H groups in total. The zero-order valence-electron chi connectivity index (χ0n) is 15.2. The molecule has 0 radical (unpaired) electrons. The van der Waals surface area contributed by atoms with Crippen LogP contribution in [0.3, 0.4) is 0 Å². The minimum Gasteiger partial charge on any atom is -0.265 e. The molecule has 0 spiro atoms. The summed E-state index contributed by atoms with van der Waals surface area (Å²) in [4.78, 5) is 8.18. The molecule has 0 fully saturated rings. The SMILES string of the molecule is CC.CC.CC(C)C1=NC=CC1.CC(C)c1cccnc1. The summed E-state index contributed by atoms with van der Waals surface area (Å²) in [5.41, 5.74) is 2.61. The highest BCUT2D eigenvalue weighted by atomic mass is 14.7. The molecular weight excluding hydrogens is 256 g/mol. The van der Waals surface area contributed by atoms with Crippen molar-refractivity contribution in [1.82, 2.24) is 4.98 Å². The molecule has 1 aliphatic heterocycles. The van der Waals surface area contributed by atoms with Gasteiger partial charge >= 0.3 is 0 Å². The molecule has 0 saturated carbocycles. The summed E-state index contributed by atoms with van der Waals surface area (Å²) < 4.78 is 0. The molecule has 2 heteroatoms. The lowest BCUT2D eigenvalue weighted by molar-refractivity contribution is 0.858. The Morgan fingerprint density at radius 1 is 0.952 bits per heavy atom. The Morgan fingerprint density at radius 2 is 1.57 bits per heavy atom. The van der Waals surface area contributed by atoms with E-state index in [0.29, 0.717) is 11.8 Å². The largest absolute Gasteiger partial charge is 0.265 e. The monoisotopic (exact) mass is 290 g/mol. The second-order valence-electron chi connectivity index (χ2n) is 4.81. The first kappa shape index (κ1) is 21.9. The molecular formula is C19H34N2. The fourth-order valence-corrected chi connectivity index (χ4v) is 1.48. The molecule has 0 bridgehead atoms. The molecule has 1 aromatic heterocycles. The van der Waals surface area contributed by atoms with Crippen LogP contribution >= 0.6 is 0 Å². The highest BCUT2D eigenvalue weighted by Crippen LogP contribution is 2.10. The standard InChI is InChI=1S/C8H11N.C7H11N.2C2H6/c1-7(2)8-4-3-5-9-6-8;1-6(2)7-4-3-5-8-7;2*1-2/h3-7H,1-2H3;3,5-6H,4H2,1-2H3;2*1-2H3. The molecule has 0 amide bonds. The highest BCUT2D eigenvalue weighted by Gasteiger charge is 2.04. The fraction of sp³-hybridized carbons (Fsp3) is 0.579. The van der Waals surface area contributed by atoms with Gasteiger partial charge in [-0.15, -0.1) is 0 Å². The average Bonchev–Trinajstić information content (AvgIpc) is 3.07. The molecule has 0 atom stereocenters. The molecule has 2 rings (SSSR count). The molecule has 0 unspecified atom stereocenters.